The van der Waals surface area contributed by atoms with E-state index in [0.717, 1.165) is 25.3 Å². The highest BCUT2D eigenvalue weighted by Gasteiger charge is 2.18. The van der Waals surface area contributed by atoms with Crippen molar-refractivity contribution in [2.45, 2.75) is 13.0 Å². The number of carbonyl (C=O) groups is 1. The van der Waals surface area contributed by atoms with Crippen molar-refractivity contribution in [3.05, 3.63) is 24.3 Å². The first-order chi connectivity index (χ1) is 9.19. The van der Waals surface area contributed by atoms with E-state index in [1.54, 1.807) is 7.11 Å². The third kappa shape index (κ3) is 3.94. The Kier molecular flexibility index (Phi) is 4.76. The highest BCUT2D eigenvalue weighted by molar-refractivity contribution is 5.93. The molecule has 2 rings (SSSR count). The molecule has 1 saturated heterocycles. The summed E-state index contributed by atoms with van der Waals surface area (Å²) in [6.07, 6.45) is 0. The third-order valence-corrected chi connectivity index (χ3v) is 3.20. The number of hydrogen-bond donors (Lipinski definition) is 2. The quantitative estimate of drug-likeness (QED) is 0.848. The molecule has 19 heavy (non-hydrogen) atoms. The molecule has 5 nitrogen and oxygen atoms in total. The van der Waals surface area contributed by atoms with Crippen molar-refractivity contribution in [2.24, 2.45) is 0 Å². The second-order valence-corrected chi connectivity index (χ2v) is 4.84. The van der Waals surface area contributed by atoms with Gasteiger partial charge in [0.25, 0.3) is 0 Å². The molecule has 1 aromatic rings. The van der Waals surface area contributed by atoms with Crippen molar-refractivity contribution in [2.75, 3.05) is 38.6 Å². The number of carbonyl (C=O) groups excluding carboxylic acids is 1. The number of hydrogen-bond acceptors (Lipinski definition) is 4. The third-order valence-electron chi connectivity index (χ3n) is 3.20. The van der Waals surface area contributed by atoms with Crippen molar-refractivity contribution in [3.63, 3.8) is 0 Å². The van der Waals surface area contributed by atoms with Crippen LogP contribution in [0.1, 0.15) is 6.92 Å². The van der Waals surface area contributed by atoms with Crippen molar-refractivity contribution in [3.8, 4) is 5.75 Å². The molecule has 0 bridgehead atoms. The van der Waals surface area contributed by atoms with Gasteiger partial charge in [0.05, 0.1) is 19.3 Å². The van der Waals surface area contributed by atoms with Crippen LogP contribution < -0.4 is 15.4 Å². The Bertz CT molecular complexity index is 436. The maximum absolute atomic E-state index is 12.0. The standard InChI is InChI=1S/C14H21N3O2/c1-11-9-17(8-7-15-11)10-14(18)16-12-5-3-4-6-13(12)19-2/h3-6,11,15H,7-10H2,1-2H3,(H,16,18)/t11-/m1/s1. The van der Waals surface area contributed by atoms with Crippen LogP contribution in [0.2, 0.25) is 0 Å². The largest absolute Gasteiger partial charge is 0.495 e. The number of amides is 1. The van der Waals surface area contributed by atoms with Crippen molar-refractivity contribution < 1.29 is 9.53 Å². The Morgan fingerprint density at radius 1 is 1.53 bits per heavy atom. The van der Waals surface area contributed by atoms with Gasteiger partial charge in [-0.05, 0) is 19.1 Å². The Morgan fingerprint density at radius 3 is 3.05 bits per heavy atom. The van der Waals surface area contributed by atoms with Crippen LogP contribution in [0.4, 0.5) is 5.69 Å². The van der Waals surface area contributed by atoms with Crippen molar-refractivity contribution in [1.82, 2.24) is 10.2 Å². The fraction of sp³-hybridized carbons (Fsp3) is 0.500. The molecule has 1 fully saturated rings. The average Bonchev–Trinajstić information content (AvgIpc) is 2.39. The molecule has 1 aromatic carbocycles. The van der Waals surface area contributed by atoms with Gasteiger partial charge in [-0.3, -0.25) is 9.69 Å². The number of para-hydroxylation sites is 2. The summed E-state index contributed by atoms with van der Waals surface area (Å²) in [6.45, 7) is 5.29. The minimum Gasteiger partial charge on any atom is -0.495 e. The molecule has 1 atom stereocenters. The highest BCUT2D eigenvalue weighted by atomic mass is 16.5. The van der Waals surface area contributed by atoms with Gasteiger partial charge in [0.15, 0.2) is 0 Å². The summed E-state index contributed by atoms with van der Waals surface area (Å²) in [6, 6.07) is 7.88. The minimum atomic E-state index is -0.00130. The molecule has 5 heteroatoms. The second-order valence-electron chi connectivity index (χ2n) is 4.84. The number of methoxy groups -OCH3 is 1. The first-order valence-electron chi connectivity index (χ1n) is 6.57. The number of nitrogens with zero attached hydrogens (tertiary/aromatic N) is 1. The van der Waals surface area contributed by atoms with Gasteiger partial charge in [-0.2, -0.15) is 0 Å². The van der Waals surface area contributed by atoms with Gasteiger partial charge in [0.1, 0.15) is 5.75 Å². The van der Waals surface area contributed by atoms with Crippen LogP contribution in [0.3, 0.4) is 0 Å². The summed E-state index contributed by atoms with van der Waals surface area (Å²) in [4.78, 5) is 14.2. The molecule has 0 saturated carbocycles. The Labute approximate surface area is 113 Å². The number of anilines is 1. The van der Waals surface area contributed by atoms with Gasteiger partial charge in [-0.15, -0.1) is 0 Å². The molecule has 104 valence electrons. The molecular weight excluding hydrogens is 242 g/mol. The van der Waals surface area contributed by atoms with Crippen LogP contribution in [-0.2, 0) is 4.79 Å². The van der Waals surface area contributed by atoms with Crippen LogP contribution in [0.5, 0.6) is 5.75 Å². The lowest BCUT2D eigenvalue weighted by molar-refractivity contribution is -0.117. The SMILES string of the molecule is COc1ccccc1NC(=O)CN1CCN[C@H](C)C1. The number of benzene rings is 1. The minimum absolute atomic E-state index is 0.00130. The van der Waals surface area contributed by atoms with Crippen molar-refractivity contribution >= 4 is 11.6 Å². The second kappa shape index (κ2) is 6.54. The summed E-state index contributed by atoms with van der Waals surface area (Å²) in [5.74, 6) is 0.683. The molecule has 2 N–H and O–H groups in total. The zero-order valence-electron chi connectivity index (χ0n) is 11.5. The maximum atomic E-state index is 12.0. The van der Waals surface area contributed by atoms with E-state index in [4.69, 9.17) is 4.74 Å². The first-order valence-corrected chi connectivity index (χ1v) is 6.57. The predicted molar refractivity (Wildman–Crippen MR) is 75.5 cm³/mol. The molecule has 0 radical (unpaired) electrons. The van der Waals surface area contributed by atoms with Crippen LogP contribution in [-0.4, -0.2) is 50.1 Å². The van der Waals surface area contributed by atoms with Crippen LogP contribution in [0.15, 0.2) is 24.3 Å². The summed E-state index contributed by atoms with van der Waals surface area (Å²) in [5.41, 5.74) is 0.721. The lowest BCUT2D eigenvalue weighted by atomic mass is 10.2. The molecule has 1 aliphatic heterocycles. The highest BCUT2D eigenvalue weighted by Crippen LogP contribution is 2.22. The average molecular weight is 263 g/mol. The zero-order chi connectivity index (χ0) is 13.7. The lowest BCUT2D eigenvalue weighted by Gasteiger charge is -2.31. The van der Waals surface area contributed by atoms with E-state index < -0.39 is 0 Å². The van der Waals surface area contributed by atoms with Gasteiger partial charge in [0.2, 0.25) is 5.91 Å². The summed E-state index contributed by atoms with van der Waals surface area (Å²) >= 11 is 0. The molecule has 1 amide bonds. The summed E-state index contributed by atoms with van der Waals surface area (Å²) in [7, 11) is 1.60. The van der Waals surface area contributed by atoms with Gasteiger partial charge < -0.3 is 15.4 Å². The van der Waals surface area contributed by atoms with E-state index in [-0.39, 0.29) is 5.91 Å². The fourth-order valence-corrected chi connectivity index (χ4v) is 2.30. The molecular formula is C14H21N3O2. The predicted octanol–water partition coefficient (Wildman–Crippen LogP) is 0.927. The number of piperazine rings is 1. The van der Waals surface area contributed by atoms with E-state index >= 15 is 0 Å². The van der Waals surface area contributed by atoms with Gasteiger partial charge in [-0.1, -0.05) is 12.1 Å². The molecule has 0 unspecified atom stereocenters. The lowest BCUT2D eigenvalue weighted by Crippen LogP contribution is -2.51. The van der Waals surface area contributed by atoms with Crippen LogP contribution in [0.25, 0.3) is 0 Å². The summed E-state index contributed by atoms with van der Waals surface area (Å²) < 4.78 is 5.21. The number of ether oxygens (including phenoxy) is 1. The van der Waals surface area contributed by atoms with E-state index in [2.05, 4.69) is 22.5 Å². The van der Waals surface area contributed by atoms with Crippen LogP contribution >= 0.6 is 0 Å². The van der Waals surface area contributed by atoms with E-state index in [9.17, 15) is 4.79 Å². The maximum Gasteiger partial charge on any atom is 0.238 e. The van der Waals surface area contributed by atoms with Crippen molar-refractivity contribution in [1.29, 1.82) is 0 Å². The topological polar surface area (TPSA) is 53.6 Å². The summed E-state index contributed by atoms with van der Waals surface area (Å²) in [5, 5.41) is 6.26. The Hall–Kier alpha value is -1.59. The first kappa shape index (κ1) is 13.8. The smallest absolute Gasteiger partial charge is 0.238 e. The molecule has 0 spiro atoms. The molecule has 1 aliphatic rings. The van der Waals surface area contributed by atoms with Gasteiger partial charge in [-0.25, -0.2) is 0 Å². The van der Waals surface area contributed by atoms with E-state index in [1.165, 1.54) is 0 Å². The number of nitrogens with one attached hydrogen (secondary N) is 2. The monoisotopic (exact) mass is 263 g/mol. The van der Waals surface area contributed by atoms with Crippen LogP contribution in [0, 0.1) is 0 Å². The van der Waals surface area contributed by atoms with E-state index in [1.807, 2.05) is 24.3 Å². The Morgan fingerprint density at radius 2 is 2.32 bits per heavy atom. The van der Waals surface area contributed by atoms with Gasteiger partial charge >= 0.3 is 0 Å². The van der Waals surface area contributed by atoms with Gasteiger partial charge in [0, 0.05) is 25.7 Å². The Balaban J connectivity index is 1.90. The normalized spacial score (nSPS) is 20.0. The molecule has 1 heterocycles. The number of rotatable bonds is 4. The fourth-order valence-electron chi connectivity index (χ4n) is 2.30. The molecule has 0 aromatic heterocycles. The zero-order valence-corrected chi connectivity index (χ0v) is 11.5. The van der Waals surface area contributed by atoms with E-state index in [0.29, 0.717) is 18.3 Å². The molecule has 0 aliphatic carbocycles.